The third-order valence-electron chi connectivity index (χ3n) is 1.65. The van der Waals surface area contributed by atoms with Gasteiger partial charge in [0.05, 0.1) is 0 Å². The molecule has 0 unspecified atom stereocenters. The normalized spacial score (nSPS) is 13.3. The average molecular weight is 206 g/mol. The van der Waals surface area contributed by atoms with E-state index in [1.54, 1.807) is 0 Å². The van der Waals surface area contributed by atoms with E-state index in [2.05, 4.69) is 0 Å². The molecule has 0 saturated carbocycles. The van der Waals surface area contributed by atoms with E-state index in [0.29, 0.717) is 12.2 Å². The van der Waals surface area contributed by atoms with Crippen molar-refractivity contribution in [3.8, 4) is 0 Å². The van der Waals surface area contributed by atoms with Crippen LogP contribution < -0.4 is 0 Å². The fraction of sp³-hybridized carbons (Fsp3) is 0.600. The van der Waals surface area contributed by atoms with Crippen LogP contribution in [0, 0.1) is 5.41 Å². The molecule has 80 valence electrons. The lowest BCUT2D eigenvalue weighted by atomic mass is 9.91. The van der Waals surface area contributed by atoms with Crippen LogP contribution in [0.15, 0.2) is 16.5 Å². The summed E-state index contributed by atoms with van der Waals surface area (Å²) < 4.78 is 41.1. The second-order valence-electron chi connectivity index (χ2n) is 4.50. The highest BCUT2D eigenvalue weighted by atomic mass is 19.4. The molecule has 0 amide bonds. The first-order valence-corrected chi connectivity index (χ1v) is 4.34. The van der Waals surface area contributed by atoms with Crippen LogP contribution in [-0.4, -0.2) is 0 Å². The fourth-order valence-electron chi connectivity index (χ4n) is 1.15. The van der Waals surface area contributed by atoms with Crippen molar-refractivity contribution in [2.24, 2.45) is 5.41 Å². The van der Waals surface area contributed by atoms with Crippen LogP contribution in [0.4, 0.5) is 13.2 Å². The summed E-state index contributed by atoms with van der Waals surface area (Å²) in [5, 5.41) is 0. The summed E-state index contributed by atoms with van der Waals surface area (Å²) in [6.45, 7) is 5.84. The molecule has 1 nitrogen and oxygen atoms in total. The first kappa shape index (κ1) is 11.1. The summed E-state index contributed by atoms with van der Waals surface area (Å²) in [5.41, 5.74) is -0.0687. The van der Waals surface area contributed by atoms with Gasteiger partial charge in [-0.3, -0.25) is 0 Å². The molecule has 14 heavy (non-hydrogen) atoms. The molecule has 4 heteroatoms. The standard InChI is InChI=1S/C10H13F3O/c1-9(2,3)6-7-4-5-8(14-7)10(11,12)13/h4-5H,6H2,1-3H3. The maximum Gasteiger partial charge on any atom is 0.449 e. The van der Waals surface area contributed by atoms with Gasteiger partial charge in [-0.1, -0.05) is 20.8 Å². The molecule has 0 N–H and O–H groups in total. The number of hydrogen-bond donors (Lipinski definition) is 0. The maximum atomic E-state index is 12.1. The minimum Gasteiger partial charge on any atom is -0.456 e. The maximum absolute atomic E-state index is 12.1. The molecule has 0 saturated heterocycles. The molecule has 0 atom stereocenters. The summed E-state index contributed by atoms with van der Waals surface area (Å²) in [5.74, 6) is -0.540. The van der Waals surface area contributed by atoms with Gasteiger partial charge in [0.1, 0.15) is 5.76 Å². The molecule has 0 aliphatic rings. The summed E-state index contributed by atoms with van der Waals surface area (Å²) in [6, 6.07) is 2.36. The van der Waals surface area contributed by atoms with E-state index in [-0.39, 0.29) is 5.41 Å². The molecule has 0 aliphatic carbocycles. The van der Waals surface area contributed by atoms with E-state index in [0.717, 1.165) is 6.07 Å². The van der Waals surface area contributed by atoms with Gasteiger partial charge in [-0.2, -0.15) is 13.2 Å². The van der Waals surface area contributed by atoms with Crippen LogP contribution >= 0.6 is 0 Å². The molecular formula is C10H13F3O. The van der Waals surface area contributed by atoms with Crippen molar-refractivity contribution in [1.82, 2.24) is 0 Å². The lowest BCUT2D eigenvalue weighted by molar-refractivity contribution is -0.153. The lowest BCUT2D eigenvalue weighted by Crippen LogP contribution is -2.08. The van der Waals surface area contributed by atoms with E-state index >= 15 is 0 Å². The summed E-state index contributed by atoms with van der Waals surface area (Å²) in [4.78, 5) is 0. The first-order chi connectivity index (χ1) is 6.18. The summed E-state index contributed by atoms with van der Waals surface area (Å²) in [6.07, 6.45) is -3.88. The Balaban J connectivity index is 2.79. The van der Waals surface area contributed by atoms with E-state index < -0.39 is 11.9 Å². The summed E-state index contributed by atoms with van der Waals surface area (Å²) >= 11 is 0. The lowest BCUT2D eigenvalue weighted by Gasteiger charge is -2.15. The van der Waals surface area contributed by atoms with Gasteiger partial charge in [-0.05, 0) is 17.5 Å². The molecule has 0 aromatic carbocycles. The van der Waals surface area contributed by atoms with Crippen LogP contribution in [-0.2, 0) is 12.6 Å². The Hall–Kier alpha value is -0.930. The molecule has 0 spiro atoms. The second-order valence-corrected chi connectivity index (χ2v) is 4.50. The highest BCUT2D eigenvalue weighted by Gasteiger charge is 2.34. The van der Waals surface area contributed by atoms with Crippen molar-refractivity contribution in [1.29, 1.82) is 0 Å². The molecule has 0 aliphatic heterocycles. The first-order valence-electron chi connectivity index (χ1n) is 4.34. The predicted octanol–water partition coefficient (Wildman–Crippen LogP) is 3.89. The zero-order valence-corrected chi connectivity index (χ0v) is 8.40. The van der Waals surface area contributed by atoms with E-state index in [4.69, 9.17) is 4.42 Å². The SMILES string of the molecule is CC(C)(C)Cc1ccc(C(F)(F)F)o1. The average Bonchev–Trinajstić information content (AvgIpc) is 2.29. The van der Waals surface area contributed by atoms with Crippen molar-refractivity contribution in [3.05, 3.63) is 23.7 Å². The zero-order valence-electron chi connectivity index (χ0n) is 8.40. The predicted molar refractivity (Wildman–Crippen MR) is 46.9 cm³/mol. The van der Waals surface area contributed by atoms with Crippen molar-refractivity contribution in [2.45, 2.75) is 33.4 Å². The van der Waals surface area contributed by atoms with Gasteiger partial charge in [-0.25, -0.2) is 0 Å². The molecule has 0 fully saturated rings. The van der Waals surface area contributed by atoms with Crippen molar-refractivity contribution < 1.29 is 17.6 Å². The van der Waals surface area contributed by atoms with Crippen molar-refractivity contribution in [3.63, 3.8) is 0 Å². The van der Waals surface area contributed by atoms with Crippen LogP contribution in [0.3, 0.4) is 0 Å². The van der Waals surface area contributed by atoms with Crippen molar-refractivity contribution in [2.75, 3.05) is 0 Å². The minimum atomic E-state index is -4.38. The van der Waals surface area contributed by atoms with E-state index in [9.17, 15) is 13.2 Å². The number of alkyl halides is 3. The van der Waals surface area contributed by atoms with Crippen molar-refractivity contribution >= 4 is 0 Å². The van der Waals surface area contributed by atoms with Gasteiger partial charge >= 0.3 is 6.18 Å². The van der Waals surface area contributed by atoms with Gasteiger partial charge in [-0.15, -0.1) is 0 Å². The second kappa shape index (κ2) is 3.33. The molecular weight excluding hydrogens is 193 g/mol. The molecule has 1 aromatic heterocycles. The number of furan rings is 1. The van der Waals surface area contributed by atoms with Crippen LogP contribution in [0.5, 0.6) is 0 Å². The largest absolute Gasteiger partial charge is 0.456 e. The highest BCUT2D eigenvalue weighted by molar-refractivity contribution is 5.10. The number of hydrogen-bond acceptors (Lipinski definition) is 1. The molecule has 1 aromatic rings. The Labute approximate surface area is 80.9 Å². The molecule has 1 heterocycles. The van der Waals surface area contributed by atoms with Crippen LogP contribution in [0.1, 0.15) is 32.3 Å². The fourth-order valence-corrected chi connectivity index (χ4v) is 1.15. The Morgan fingerprint density at radius 2 is 1.71 bits per heavy atom. The Morgan fingerprint density at radius 3 is 2.07 bits per heavy atom. The Morgan fingerprint density at radius 1 is 1.14 bits per heavy atom. The third kappa shape index (κ3) is 3.09. The third-order valence-corrected chi connectivity index (χ3v) is 1.65. The molecule has 0 radical (unpaired) electrons. The number of halogens is 3. The minimum absolute atomic E-state index is 0.0687. The quantitative estimate of drug-likeness (QED) is 0.679. The summed E-state index contributed by atoms with van der Waals surface area (Å²) in [7, 11) is 0. The van der Waals surface area contributed by atoms with Gasteiger partial charge < -0.3 is 4.42 Å². The van der Waals surface area contributed by atoms with Crippen LogP contribution in [0.2, 0.25) is 0 Å². The zero-order chi connectivity index (χ0) is 11.0. The molecule has 0 bridgehead atoms. The van der Waals surface area contributed by atoms with E-state index in [1.165, 1.54) is 6.07 Å². The van der Waals surface area contributed by atoms with E-state index in [1.807, 2.05) is 20.8 Å². The van der Waals surface area contributed by atoms with Gasteiger partial charge in [0, 0.05) is 6.42 Å². The Kier molecular flexibility index (Phi) is 2.65. The monoisotopic (exact) mass is 206 g/mol. The van der Waals surface area contributed by atoms with Gasteiger partial charge in [0.2, 0.25) is 5.76 Å². The number of rotatable bonds is 1. The topological polar surface area (TPSA) is 13.1 Å². The Bertz CT molecular complexity index is 304. The van der Waals surface area contributed by atoms with Crippen LogP contribution in [0.25, 0.3) is 0 Å². The smallest absolute Gasteiger partial charge is 0.449 e. The molecule has 1 rings (SSSR count). The highest BCUT2D eigenvalue weighted by Crippen LogP contribution is 2.32. The van der Waals surface area contributed by atoms with Gasteiger partial charge in [0.15, 0.2) is 0 Å². The van der Waals surface area contributed by atoms with Gasteiger partial charge in [0.25, 0.3) is 0 Å².